The summed E-state index contributed by atoms with van der Waals surface area (Å²) < 4.78 is 0. The van der Waals surface area contributed by atoms with Gasteiger partial charge in [0.1, 0.15) is 0 Å². The predicted octanol–water partition coefficient (Wildman–Crippen LogP) is 1.06. The minimum Gasteiger partial charge on any atom is -0.341 e. The molecule has 4 atom stereocenters. The van der Waals surface area contributed by atoms with Crippen LogP contribution in [0.15, 0.2) is 0 Å². The van der Waals surface area contributed by atoms with Gasteiger partial charge < -0.3 is 10.2 Å². The molecule has 0 bridgehead atoms. The molecule has 20 heavy (non-hydrogen) atoms. The van der Waals surface area contributed by atoms with Crippen molar-refractivity contribution < 1.29 is 4.79 Å². The first-order valence-corrected chi connectivity index (χ1v) is 7.82. The zero-order valence-corrected chi connectivity index (χ0v) is 13.5. The van der Waals surface area contributed by atoms with Crippen molar-refractivity contribution in [2.75, 3.05) is 45.8 Å². The molecule has 3 fully saturated rings. The second-order valence-electron chi connectivity index (χ2n) is 7.12. The van der Waals surface area contributed by atoms with Crippen LogP contribution in [-0.2, 0) is 4.79 Å². The highest BCUT2D eigenvalue weighted by Gasteiger charge is 2.37. The van der Waals surface area contributed by atoms with Gasteiger partial charge in [-0.2, -0.15) is 0 Å². The van der Waals surface area contributed by atoms with E-state index in [2.05, 4.69) is 29.0 Å². The molecule has 1 amide bonds. The number of halogens is 1. The van der Waals surface area contributed by atoms with E-state index in [9.17, 15) is 4.79 Å². The summed E-state index contributed by atoms with van der Waals surface area (Å²) in [5.74, 6) is 3.25. The summed E-state index contributed by atoms with van der Waals surface area (Å²) in [7, 11) is 0. The first-order valence-electron chi connectivity index (χ1n) is 7.82. The van der Waals surface area contributed by atoms with E-state index < -0.39 is 0 Å². The summed E-state index contributed by atoms with van der Waals surface area (Å²) in [4.78, 5) is 16.9. The van der Waals surface area contributed by atoms with E-state index in [1.165, 1.54) is 6.42 Å². The highest BCUT2D eigenvalue weighted by molar-refractivity contribution is 5.85. The molecular formula is C15H28ClN3O. The van der Waals surface area contributed by atoms with E-state index in [-0.39, 0.29) is 12.4 Å². The maximum absolute atomic E-state index is 12.4. The van der Waals surface area contributed by atoms with E-state index in [0.717, 1.165) is 51.1 Å². The second kappa shape index (κ2) is 6.63. The first kappa shape index (κ1) is 16.1. The molecule has 1 N–H and O–H groups in total. The van der Waals surface area contributed by atoms with Gasteiger partial charge in [-0.1, -0.05) is 13.8 Å². The Balaban J connectivity index is 0.00000147. The Morgan fingerprint density at radius 3 is 2.15 bits per heavy atom. The maximum atomic E-state index is 12.4. The molecule has 4 nitrogen and oxygen atoms in total. The van der Waals surface area contributed by atoms with Crippen LogP contribution < -0.4 is 5.32 Å². The fourth-order valence-corrected chi connectivity index (χ4v) is 4.24. The topological polar surface area (TPSA) is 35.6 Å². The predicted molar refractivity (Wildman–Crippen MR) is 83.1 cm³/mol. The van der Waals surface area contributed by atoms with Crippen molar-refractivity contribution in [1.82, 2.24) is 15.1 Å². The number of nitrogens with zero attached hydrogens (tertiary/aromatic N) is 2. The number of carbonyl (C=O) groups excluding carboxylic acids is 1. The number of fused-ring (bicyclic) bond motifs is 1. The fourth-order valence-electron chi connectivity index (χ4n) is 4.24. The SMILES string of the molecule is CC1CC(C)CN(C(=O)CN2C[C@H]3CNC[C@H]3C2)C1.Cl. The lowest BCUT2D eigenvalue weighted by molar-refractivity contribution is -0.134. The Labute approximate surface area is 128 Å². The Hall–Kier alpha value is -0.320. The van der Waals surface area contributed by atoms with Gasteiger partial charge in [-0.15, -0.1) is 12.4 Å². The lowest BCUT2D eigenvalue weighted by atomic mass is 9.92. The number of rotatable bonds is 2. The molecule has 3 saturated heterocycles. The number of likely N-dealkylation sites (tertiary alicyclic amines) is 2. The third-order valence-corrected chi connectivity index (χ3v) is 5.05. The van der Waals surface area contributed by atoms with Gasteiger partial charge in [-0.05, 0) is 43.2 Å². The molecule has 0 radical (unpaired) electrons. The monoisotopic (exact) mass is 301 g/mol. The summed E-state index contributed by atoms with van der Waals surface area (Å²) in [6, 6.07) is 0. The molecular weight excluding hydrogens is 274 g/mol. The average molecular weight is 302 g/mol. The zero-order chi connectivity index (χ0) is 13.4. The minimum absolute atomic E-state index is 0. The number of hydrogen-bond acceptors (Lipinski definition) is 3. The highest BCUT2D eigenvalue weighted by Crippen LogP contribution is 2.26. The van der Waals surface area contributed by atoms with Crippen molar-refractivity contribution in [1.29, 1.82) is 0 Å². The van der Waals surface area contributed by atoms with Gasteiger partial charge in [0.25, 0.3) is 0 Å². The minimum atomic E-state index is 0. The quantitative estimate of drug-likeness (QED) is 0.828. The highest BCUT2D eigenvalue weighted by atomic mass is 35.5. The molecule has 2 unspecified atom stereocenters. The van der Waals surface area contributed by atoms with Crippen LogP contribution in [0.3, 0.4) is 0 Å². The van der Waals surface area contributed by atoms with Crippen molar-refractivity contribution in [2.45, 2.75) is 20.3 Å². The molecule has 5 heteroatoms. The lowest BCUT2D eigenvalue weighted by Crippen LogP contribution is -2.46. The van der Waals surface area contributed by atoms with Crippen LogP contribution in [0.5, 0.6) is 0 Å². The van der Waals surface area contributed by atoms with Crippen molar-refractivity contribution in [3.63, 3.8) is 0 Å². The Bertz CT molecular complexity index is 330. The normalized spacial score (nSPS) is 37.6. The van der Waals surface area contributed by atoms with Crippen molar-refractivity contribution in [3.8, 4) is 0 Å². The van der Waals surface area contributed by atoms with E-state index in [0.29, 0.717) is 24.3 Å². The summed E-state index contributed by atoms with van der Waals surface area (Å²) in [5, 5.41) is 3.45. The van der Waals surface area contributed by atoms with Crippen LogP contribution in [-0.4, -0.2) is 61.5 Å². The molecule has 3 heterocycles. The molecule has 0 spiro atoms. The summed E-state index contributed by atoms with van der Waals surface area (Å²) in [6.45, 7) is 11.6. The van der Waals surface area contributed by atoms with Gasteiger partial charge >= 0.3 is 0 Å². The summed E-state index contributed by atoms with van der Waals surface area (Å²) in [5.41, 5.74) is 0. The van der Waals surface area contributed by atoms with E-state index in [1.54, 1.807) is 0 Å². The van der Waals surface area contributed by atoms with E-state index in [1.807, 2.05) is 0 Å². The zero-order valence-electron chi connectivity index (χ0n) is 12.7. The van der Waals surface area contributed by atoms with Gasteiger partial charge in [0.2, 0.25) is 5.91 Å². The number of nitrogens with one attached hydrogen (secondary N) is 1. The van der Waals surface area contributed by atoms with Gasteiger partial charge in [-0.3, -0.25) is 9.69 Å². The Morgan fingerprint density at radius 1 is 1.05 bits per heavy atom. The van der Waals surface area contributed by atoms with Crippen LogP contribution in [0, 0.1) is 23.7 Å². The van der Waals surface area contributed by atoms with Gasteiger partial charge in [0.05, 0.1) is 6.54 Å². The first-order chi connectivity index (χ1) is 9.11. The van der Waals surface area contributed by atoms with Crippen LogP contribution in [0.1, 0.15) is 20.3 Å². The summed E-state index contributed by atoms with van der Waals surface area (Å²) in [6.07, 6.45) is 1.27. The molecule has 3 aliphatic heterocycles. The third-order valence-electron chi connectivity index (χ3n) is 5.05. The van der Waals surface area contributed by atoms with Crippen LogP contribution >= 0.6 is 12.4 Å². The fraction of sp³-hybridized carbons (Fsp3) is 0.933. The number of piperidine rings is 1. The Kier molecular flexibility index (Phi) is 5.32. The standard InChI is InChI=1S/C15H27N3O.ClH/c1-11-3-12(2)7-18(6-11)15(19)10-17-8-13-4-16-5-14(13)9-17;/h11-14,16H,3-10H2,1-2H3;1H/t11?,12?,13-,14+;. The maximum Gasteiger partial charge on any atom is 0.236 e. The van der Waals surface area contributed by atoms with Gasteiger partial charge in [-0.25, -0.2) is 0 Å². The molecule has 3 rings (SSSR count). The van der Waals surface area contributed by atoms with E-state index >= 15 is 0 Å². The van der Waals surface area contributed by atoms with Crippen LogP contribution in [0.2, 0.25) is 0 Å². The van der Waals surface area contributed by atoms with Gasteiger partial charge in [0, 0.05) is 26.2 Å². The molecule has 0 aromatic carbocycles. The lowest BCUT2D eigenvalue weighted by Gasteiger charge is -2.36. The van der Waals surface area contributed by atoms with Crippen LogP contribution in [0.4, 0.5) is 0 Å². The number of amides is 1. The largest absolute Gasteiger partial charge is 0.341 e. The summed E-state index contributed by atoms with van der Waals surface area (Å²) >= 11 is 0. The molecule has 3 aliphatic rings. The van der Waals surface area contributed by atoms with Crippen LogP contribution in [0.25, 0.3) is 0 Å². The molecule has 0 aromatic rings. The molecule has 116 valence electrons. The number of carbonyl (C=O) groups is 1. The van der Waals surface area contributed by atoms with E-state index in [4.69, 9.17) is 0 Å². The van der Waals surface area contributed by atoms with Crippen molar-refractivity contribution in [2.24, 2.45) is 23.7 Å². The van der Waals surface area contributed by atoms with Crippen molar-refractivity contribution in [3.05, 3.63) is 0 Å². The molecule has 0 aliphatic carbocycles. The van der Waals surface area contributed by atoms with Gasteiger partial charge in [0.15, 0.2) is 0 Å². The third kappa shape index (κ3) is 3.46. The second-order valence-corrected chi connectivity index (χ2v) is 7.12. The van der Waals surface area contributed by atoms with Crippen molar-refractivity contribution >= 4 is 18.3 Å². The molecule has 0 saturated carbocycles. The smallest absolute Gasteiger partial charge is 0.236 e. The number of hydrogen-bond donors (Lipinski definition) is 1. The molecule has 0 aromatic heterocycles. The average Bonchev–Trinajstić information content (AvgIpc) is 2.88. The Morgan fingerprint density at radius 2 is 1.60 bits per heavy atom.